The molecule has 2 aromatic heterocycles. The van der Waals surface area contributed by atoms with Crippen LogP contribution in [0.2, 0.25) is 0 Å². The Kier molecular flexibility index (Phi) is 5.26. The number of hydrogen-bond donors (Lipinski definition) is 1. The Balaban J connectivity index is 1.89. The molecule has 7 nitrogen and oxygen atoms in total. The molecule has 0 aliphatic heterocycles. The largest absolute Gasteiger partial charge is 0.497 e. The first-order chi connectivity index (χ1) is 14.4. The van der Waals surface area contributed by atoms with Crippen molar-refractivity contribution in [1.29, 1.82) is 5.26 Å². The fraction of sp³-hybridized carbons (Fsp3) is 0.364. The monoisotopic (exact) mass is 424 g/mol. The highest BCUT2D eigenvalue weighted by atomic mass is 32.2. The summed E-state index contributed by atoms with van der Waals surface area (Å²) in [5.74, 6) is 0.686. The highest BCUT2D eigenvalue weighted by Crippen LogP contribution is 2.42. The quantitative estimate of drug-likeness (QED) is 0.645. The summed E-state index contributed by atoms with van der Waals surface area (Å²) in [5.41, 5.74) is 2.80. The smallest absolute Gasteiger partial charge is 0.242 e. The number of sulfonamides is 1. The molecule has 0 saturated heterocycles. The van der Waals surface area contributed by atoms with Gasteiger partial charge in [-0.25, -0.2) is 13.1 Å². The molecule has 1 aromatic carbocycles. The number of benzene rings is 1. The minimum absolute atomic E-state index is 0.103. The zero-order valence-corrected chi connectivity index (χ0v) is 18.0. The number of aromatic nitrogens is 2. The van der Waals surface area contributed by atoms with Crippen LogP contribution >= 0.6 is 0 Å². The van der Waals surface area contributed by atoms with Crippen molar-refractivity contribution in [3.63, 3.8) is 0 Å². The molecule has 30 heavy (non-hydrogen) atoms. The van der Waals surface area contributed by atoms with E-state index in [1.165, 1.54) is 12.3 Å². The van der Waals surface area contributed by atoms with Crippen molar-refractivity contribution < 1.29 is 13.2 Å². The molecular weight excluding hydrogens is 400 g/mol. The molecule has 0 bridgehead atoms. The van der Waals surface area contributed by atoms with E-state index in [-0.39, 0.29) is 10.9 Å². The minimum atomic E-state index is -3.63. The van der Waals surface area contributed by atoms with Gasteiger partial charge in [0.15, 0.2) is 0 Å². The van der Waals surface area contributed by atoms with Crippen LogP contribution in [0.5, 0.6) is 5.75 Å². The van der Waals surface area contributed by atoms with Gasteiger partial charge < -0.3 is 9.30 Å². The molecule has 3 aromatic rings. The van der Waals surface area contributed by atoms with Crippen molar-refractivity contribution in [3.8, 4) is 23.2 Å². The molecule has 0 atom stereocenters. The molecule has 2 heterocycles. The summed E-state index contributed by atoms with van der Waals surface area (Å²) in [5, 5.41) is 10.8. The topological polar surface area (TPSA) is 97.0 Å². The first-order valence-electron chi connectivity index (χ1n) is 9.96. The van der Waals surface area contributed by atoms with Crippen LogP contribution in [0, 0.1) is 11.3 Å². The van der Waals surface area contributed by atoms with E-state index in [1.54, 1.807) is 27.0 Å². The van der Waals surface area contributed by atoms with Crippen LogP contribution in [-0.4, -0.2) is 31.1 Å². The normalized spacial score (nSPS) is 14.6. The van der Waals surface area contributed by atoms with Crippen LogP contribution in [0.25, 0.3) is 22.3 Å². The zero-order valence-electron chi connectivity index (χ0n) is 17.2. The van der Waals surface area contributed by atoms with Gasteiger partial charge >= 0.3 is 0 Å². The standard InChI is InChI=1S/C22H24N4O3S/c1-14(2)25-30(27,28)17-8-9-20(24-13-17)22-19(12-23)18-11-16(29-3)7-10-21(18)26(22)15-5-4-6-15/h7-11,13-15,25H,4-6H2,1-3H3. The van der Waals surface area contributed by atoms with E-state index >= 15 is 0 Å². The maximum Gasteiger partial charge on any atom is 0.242 e. The van der Waals surface area contributed by atoms with Crippen LogP contribution in [0.1, 0.15) is 44.7 Å². The zero-order chi connectivity index (χ0) is 21.5. The molecule has 1 aliphatic rings. The number of nitrogens with zero attached hydrogens (tertiary/aromatic N) is 3. The van der Waals surface area contributed by atoms with E-state index in [0.717, 1.165) is 35.9 Å². The Labute approximate surface area is 176 Å². The number of fused-ring (bicyclic) bond motifs is 1. The van der Waals surface area contributed by atoms with E-state index < -0.39 is 10.0 Å². The van der Waals surface area contributed by atoms with Gasteiger partial charge in [-0.2, -0.15) is 5.26 Å². The summed E-state index contributed by atoms with van der Waals surface area (Å²) in [7, 11) is -2.03. The number of nitrogens with one attached hydrogen (secondary N) is 1. The summed E-state index contributed by atoms with van der Waals surface area (Å²) in [6, 6.07) is 11.4. The number of nitriles is 1. The summed E-state index contributed by atoms with van der Waals surface area (Å²) in [6.07, 6.45) is 4.58. The van der Waals surface area contributed by atoms with E-state index in [1.807, 2.05) is 18.2 Å². The van der Waals surface area contributed by atoms with Crippen molar-refractivity contribution in [3.05, 3.63) is 42.1 Å². The van der Waals surface area contributed by atoms with Crippen LogP contribution in [0.15, 0.2) is 41.4 Å². The number of hydrogen-bond acceptors (Lipinski definition) is 5. The molecular formula is C22H24N4O3S. The van der Waals surface area contributed by atoms with E-state index in [9.17, 15) is 13.7 Å². The fourth-order valence-corrected chi connectivity index (χ4v) is 5.06. The second kappa shape index (κ2) is 7.74. The lowest BCUT2D eigenvalue weighted by Crippen LogP contribution is -2.30. The van der Waals surface area contributed by atoms with Crippen LogP contribution < -0.4 is 9.46 Å². The highest BCUT2D eigenvalue weighted by Gasteiger charge is 2.28. The second-order valence-corrected chi connectivity index (χ2v) is 9.54. The Morgan fingerprint density at radius 1 is 1.27 bits per heavy atom. The Hall–Kier alpha value is -2.89. The summed E-state index contributed by atoms with van der Waals surface area (Å²) in [6.45, 7) is 3.54. The summed E-state index contributed by atoms with van der Waals surface area (Å²) < 4.78 is 35.0. The third-order valence-corrected chi connectivity index (χ3v) is 7.09. The Bertz CT molecular complexity index is 1230. The van der Waals surface area contributed by atoms with Crippen molar-refractivity contribution in [1.82, 2.24) is 14.3 Å². The molecule has 1 aliphatic carbocycles. The molecule has 0 unspecified atom stereocenters. The molecule has 8 heteroatoms. The molecule has 0 spiro atoms. The lowest BCUT2D eigenvalue weighted by molar-refractivity contribution is 0.324. The Morgan fingerprint density at radius 3 is 2.57 bits per heavy atom. The second-order valence-electron chi connectivity index (χ2n) is 7.83. The predicted molar refractivity (Wildman–Crippen MR) is 115 cm³/mol. The van der Waals surface area contributed by atoms with E-state index in [4.69, 9.17) is 4.74 Å². The van der Waals surface area contributed by atoms with Crippen molar-refractivity contribution >= 4 is 20.9 Å². The van der Waals surface area contributed by atoms with Crippen LogP contribution in [0.4, 0.5) is 0 Å². The van der Waals surface area contributed by atoms with Crippen molar-refractivity contribution in [2.24, 2.45) is 0 Å². The van der Waals surface area contributed by atoms with Crippen LogP contribution in [-0.2, 0) is 10.0 Å². The Morgan fingerprint density at radius 2 is 2.03 bits per heavy atom. The number of methoxy groups -OCH3 is 1. The van der Waals surface area contributed by atoms with Crippen molar-refractivity contribution in [2.75, 3.05) is 7.11 Å². The van der Waals surface area contributed by atoms with Gasteiger partial charge in [-0.3, -0.25) is 4.98 Å². The molecule has 156 valence electrons. The van der Waals surface area contributed by atoms with Gasteiger partial charge in [0.25, 0.3) is 0 Å². The number of ether oxygens (including phenoxy) is 1. The lowest BCUT2D eigenvalue weighted by Gasteiger charge is -2.30. The van der Waals surface area contributed by atoms with Crippen molar-refractivity contribution in [2.45, 2.75) is 50.1 Å². The fourth-order valence-electron chi connectivity index (χ4n) is 3.87. The minimum Gasteiger partial charge on any atom is -0.497 e. The predicted octanol–water partition coefficient (Wildman–Crippen LogP) is 4.00. The third-order valence-electron chi connectivity index (χ3n) is 5.44. The summed E-state index contributed by atoms with van der Waals surface area (Å²) >= 11 is 0. The van der Waals surface area contributed by atoms with Gasteiger partial charge in [0, 0.05) is 23.7 Å². The first kappa shape index (κ1) is 20.4. The van der Waals surface area contributed by atoms with Gasteiger partial charge in [0.05, 0.1) is 29.6 Å². The van der Waals surface area contributed by atoms with Gasteiger partial charge in [-0.1, -0.05) is 0 Å². The van der Waals surface area contributed by atoms with E-state index in [2.05, 4.69) is 20.3 Å². The number of rotatable bonds is 6. The van der Waals surface area contributed by atoms with Crippen LogP contribution in [0.3, 0.4) is 0 Å². The lowest BCUT2D eigenvalue weighted by atomic mass is 9.92. The average molecular weight is 425 g/mol. The molecule has 1 saturated carbocycles. The number of pyridine rings is 1. The first-order valence-corrected chi connectivity index (χ1v) is 11.4. The molecule has 1 N–H and O–H groups in total. The SMILES string of the molecule is COc1ccc2c(c1)c(C#N)c(-c1ccc(S(=O)(=O)NC(C)C)cn1)n2C1CCC1. The maximum atomic E-state index is 12.4. The molecule has 1 fully saturated rings. The van der Waals surface area contributed by atoms with Gasteiger partial charge in [0.2, 0.25) is 10.0 Å². The summed E-state index contributed by atoms with van der Waals surface area (Å²) in [4.78, 5) is 4.55. The average Bonchev–Trinajstić information content (AvgIpc) is 2.99. The molecule has 4 rings (SSSR count). The molecule has 0 radical (unpaired) electrons. The maximum absolute atomic E-state index is 12.4. The third kappa shape index (κ3) is 3.44. The highest BCUT2D eigenvalue weighted by molar-refractivity contribution is 7.89. The van der Waals surface area contributed by atoms with Gasteiger partial charge in [-0.15, -0.1) is 0 Å². The molecule has 0 amide bonds. The van der Waals surface area contributed by atoms with Gasteiger partial charge in [0.1, 0.15) is 16.7 Å². The van der Waals surface area contributed by atoms with E-state index in [0.29, 0.717) is 23.0 Å². The van der Waals surface area contributed by atoms with Gasteiger partial charge in [-0.05, 0) is 63.4 Å².